The molecule has 0 radical (unpaired) electrons. The van der Waals surface area contributed by atoms with Crippen LogP contribution in [0.2, 0.25) is 0 Å². The second-order valence-corrected chi connectivity index (χ2v) is 7.10. The lowest BCUT2D eigenvalue weighted by molar-refractivity contribution is -0.137. The van der Waals surface area contributed by atoms with Crippen LogP contribution in [0.3, 0.4) is 0 Å². The third-order valence-electron chi connectivity index (χ3n) is 3.94. The molecule has 158 valence electrons. The van der Waals surface area contributed by atoms with Crippen molar-refractivity contribution >= 4 is 28.8 Å². The van der Waals surface area contributed by atoms with Crippen molar-refractivity contribution in [3.05, 3.63) is 57.9 Å². The van der Waals surface area contributed by atoms with Crippen LogP contribution in [0.5, 0.6) is 0 Å². The minimum Gasteiger partial charge on any atom is -0.387 e. The quantitative estimate of drug-likeness (QED) is 0.636. The van der Waals surface area contributed by atoms with Crippen LogP contribution < -0.4 is 11.1 Å². The number of thiophene rings is 1. The SMILES string of the molecule is CN(CC(=O)Nc1ccccc1C(F)(F)F)C(=O)Cn1nc(-c2cccs2)oc1=O. The summed E-state index contributed by atoms with van der Waals surface area (Å²) in [6, 6.07) is 7.94. The van der Waals surface area contributed by atoms with Gasteiger partial charge < -0.3 is 14.6 Å². The van der Waals surface area contributed by atoms with E-state index in [0.717, 1.165) is 21.7 Å². The van der Waals surface area contributed by atoms with E-state index in [1.54, 1.807) is 17.5 Å². The maximum absolute atomic E-state index is 13.0. The summed E-state index contributed by atoms with van der Waals surface area (Å²) < 4.78 is 44.8. The Morgan fingerprint density at radius 1 is 1.23 bits per heavy atom. The molecule has 0 bridgehead atoms. The van der Waals surface area contributed by atoms with E-state index in [0.29, 0.717) is 4.88 Å². The lowest BCUT2D eigenvalue weighted by atomic mass is 10.1. The Hall–Kier alpha value is -3.41. The van der Waals surface area contributed by atoms with Crippen molar-refractivity contribution in [1.82, 2.24) is 14.7 Å². The van der Waals surface area contributed by atoms with Gasteiger partial charge in [0.2, 0.25) is 11.8 Å². The van der Waals surface area contributed by atoms with E-state index < -0.39 is 48.1 Å². The summed E-state index contributed by atoms with van der Waals surface area (Å²) in [4.78, 5) is 37.9. The van der Waals surface area contributed by atoms with Gasteiger partial charge in [0, 0.05) is 7.05 Å². The van der Waals surface area contributed by atoms with Gasteiger partial charge in [-0.2, -0.15) is 17.9 Å². The Labute approximate surface area is 171 Å². The monoisotopic (exact) mass is 440 g/mol. The van der Waals surface area contributed by atoms with Gasteiger partial charge >= 0.3 is 11.9 Å². The van der Waals surface area contributed by atoms with Crippen LogP contribution in [0.1, 0.15) is 5.56 Å². The summed E-state index contributed by atoms with van der Waals surface area (Å²) in [6.45, 7) is -1.01. The Kier molecular flexibility index (Phi) is 6.06. The first kappa shape index (κ1) is 21.3. The number of anilines is 1. The molecule has 2 heterocycles. The molecule has 0 aliphatic rings. The molecule has 0 atom stereocenters. The number of para-hydroxylation sites is 1. The Morgan fingerprint density at radius 2 is 1.97 bits per heavy atom. The summed E-state index contributed by atoms with van der Waals surface area (Å²) in [5.74, 6) is -2.26. The molecule has 0 aliphatic carbocycles. The van der Waals surface area contributed by atoms with Gasteiger partial charge in [0.05, 0.1) is 22.7 Å². The zero-order valence-electron chi connectivity index (χ0n) is 15.5. The number of hydrogen-bond acceptors (Lipinski definition) is 6. The molecular formula is C18H15F3N4O4S. The number of carbonyl (C=O) groups is 2. The van der Waals surface area contributed by atoms with Crippen LogP contribution in [-0.4, -0.2) is 40.1 Å². The summed E-state index contributed by atoms with van der Waals surface area (Å²) >= 11 is 1.30. The van der Waals surface area contributed by atoms with Gasteiger partial charge in [0.25, 0.3) is 5.89 Å². The van der Waals surface area contributed by atoms with Crippen molar-refractivity contribution in [1.29, 1.82) is 0 Å². The summed E-state index contributed by atoms with van der Waals surface area (Å²) in [6.07, 6.45) is -4.64. The molecule has 8 nitrogen and oxygen atoms in total. The van der Waals surface area contributed by atoms with Gasteiger partial charge in [-0.3, -0.25) is 9.59 Å². The highest BCUT2D eigenvalue weighted by Gasteiger charge is 2.33. The Morgan fingerprint density at radius 3 is 2.63 bits per heavy atom. The molecule has 3 aromatic rings. The molecule has 0 aliphatic heterocycles. The van der Waals surface area contributed by atoms with E-state index >= 15 is 0 Å². The fraction of sp³-hybridized carbons (Fsp3) is 0.222. The molecule has 1 N–H and O–H groups in total. The first-order valence-corrected chi connectivity index (χ1v) is 9.35. The fourth-order valence-electron chi connectivity index (χ4n) is 2.49. The van der Waals surface area contributed by atoms with E-state index in [1.165, 1.54) is 30.5 Å². The van der Waals surface area contributed by atoms with Crippen LogP contribution >= 0.6 is 11.3 Å². The van der Waals surface area contributed by atoms with E-state index in [9.17, 15) is 27.6 Å². The Bertz CT molecular complexity index is 1110. The lowest BCUT2D eigenvalue weighted by Crippen LogP contribution is -2.38. The summed E-state index contributed by atoms with van der Waals surface area (Å²) in [5.41, 5.74) is -1.41. The van der Waals surface area contributed by atoms with Crippen LogP contribution in [0, 0.1) is 0 Å². The number of amides is 2. The van der Waals surface area contributed by atoms with Gasteiger partial charge in [0.1, 0.15) is 6.54 Å². The van der Waals surface area contributed by atoms with E-state index in [4.69, 9.17) is 4.42 Å². The van der Waals surface area contributed by atoms with Crippen molar-refractivity contribution in [3.8, 4) is 10.8 Å². The third-order valence-corrected chi connectivity index (χ3v) is 4.79. The van der Waals surface area contributed by atoms with Crippen molar-refractivity contribution in [2.45, 2.75) is 12.7 Å². The molecular weight excluding hydrogens is 425 g/mol. The average molecular weight is 440 g/mol. The van der Waals surface area contributed by atoms with E-state index in [2.05, 4.69) is 10.4 Å². The lowest BCUT2D eigenvalue weighted by Gasteiger charge is -2.18. The van der Waals surface area contributed by atoms with Crippen molar-refractivity contribution in [3.63, 3.8) is 0 Å². The topological polar surface area (TPSA) is 97.4 Å². The predicted molar refractivity (Wildman–Crippen MR) is 102 cm³/mol. The zero-order chi connectivity index (χ0) is 21.9. The molecule has 2 amide bonds. The molecule has 0 saturated heterocycles. The number of rotatable bonds is 6. The van der Waals surface area contributed by atoms with Crippen LogP contribution in [0.15, 0.2) is 51.0 Å². The van der Waals surface area contributed by atoms with Crippen LogP contribution in [-0.2, 0) is 22.3 Å². The minimum atomic E-state index is -4.64. The maximum Gasteiger partial charge on any atom is 0.437 e. The maximum atomic E-state index is 13.0. The summed E-state index contributed by atoms with van der Waals surface area (Å²) in [7, 11) is 1.28. The average Bonchev–Trinajstić information content (AvgIpc) is 3.31. The number of aromatic nitrogens is 2. The second kappa shape index (κ2) is 8.53. The van der Waals surface area contributed by atoms with Crippen LogP contribution in [0.4, 0.5) is 18.9 Å². The Balaban J connectivity index is 1.63. The first-order chi connectivity index (χ1) is 14.1. The standard InChI is InChI=1S/C18H15F3N4O4S/c1-24(9-14(26)22-12-6-3-2-5-11(12)18(19,20)21)15(27)10-25-17(28)29-16(23-25)13-7-4-8-30-13/h2-8H,9-10H2,1H3,(H,22,26). The molecule has 2 aromatic heterocycles. The van der Waals surface area contributed by atoms with Gasteiger partial charge in [-0.25, -0.2) is 4.79 Å². The number of alkyl halides is 3. The highest BCUT2D eigenvalue weighted by atomic mass is 32.1. The smallest absolute Gasteiger partial charge is 0.387 e. The number of likely N-dealkylation sites (N-methyl/N-ethyl adjacent to an activating group) is 1. The third kappa shape index (κ3) is 4.95. The molecule has 0 spiro atoms. The predicted octanol–water partition coefficient (Wildman–Crippen LogP) is 2.68. The zero-order valence-corrected chi connectivity index (χ0v) is 16.3. The summed E-state index contributed by atoms with van der Waals surface area (Å²) in [5, 5.41) is 7.85. The van der Waals surface area contributed by atoms with E-state index in [-0.39, 0.29) is 5.89 Å². The van der Waals surface area contributed by atoms with Gasteiger partial charge in [-0.05, 0) is 23.6 Å². The highest BCUT2D eigenvalue weighted by molar-refractivity contribution is 7.13. The minimum absolute atomic E-state index is 0.0620. The molecule has 0 fully saturated rings. The molecule has 12 heteroatoms. The molecule has 0 unspecified atom stereocenters. The van der Waals surface area contributed by atoms with Crippen molar-refractivity contribution in [2.75, 3.05) is 18.9 Å². The number of carbonyl (C=O) groups excluding carboxylic acids is 2. The number of hydrogen-bond donors (Lipinski definition) is 1. The number of halogens is 3. The number of benzene rings is 1. The van der Waals surface area contributed by atoms with Crippen LogP contribution in [0.25, 0.3) is 10.8 Å². The fourth-order valence-corrected chi connectivity index (χ4v) is 3.13. The normalized spacial score (nSPS) is 11.3. The van der Waals surface area contributed by atoms with Gasteiger partial charge in [0.15, 0.2) is 0 Å². The number of nitrogens with one attached hydrogen (secondary N) is 1. The molecule has 0 saturated carbocycles. The van der Waals surface area contributed by atoms with Crippen molar-refractivity contribution < 1.29 is 27.2 Å². The van der Waals surface area contributed by atoms with Gasteiger partial charge in [-0.15, -0.1) is 16.4 Å². The second-order valence-electron chi connectivity index (χ2n) is 6.15. The van der Waals surface area contributed by atoms with Crippen molar-refractivity contribution in [2.24, 2.45) is 0 Å². The largest absolute Gasteiger partial charge is 0.437 e. The molecule has 1 aromatic carbocycles. The van der Waals surface area contributed by atoms with Gasteiger partial charge in [-0.1, -0.05) is 18.2 Å². The molecule has 3 rings (SSSR count). The number of nitrogens with zero attached hydrogens (tertiary/aromatic N) is 3. The highest BCUT2D eigenvalue weighted by Crippen LogP contribution is 2.34. The van der Waals surface area contributed by atoms with E-state index in [1.807, 2.05) is 0 Å². The molecule has 30 heavy (non-hydrogen) atoms. The first-order valence-electron chi connectivity index (χ1n) is 8.47.